The minimum Gasteiger partial charge on any atom is -0.493 e. The average molecular weight is 314 g/mol. The van der Waals surface area contributed by atoms with E-state index in [1.165, 1.54) is 13.3 Å². The minimum absolute atomic E-state index is 0.0715. The molecule has 0 unspecified atom stereocenters. The predicted octanol–water partition coefficient (Wildman–Crippen LogP) is 1.83. The number of rotatable bonds is 7. The first-order chi connectivity index (χ1) is 11.2. The zero-order valence-electron chi connectivity index (χ0n) is 12.7. The molecule has 6 heteroatoms. The molecule has 0 aliphatic carbocycles. The van der Waals surface area contributed by atoms with Crippen LogP contribution in [0.15, 0.2) is 53.6 Å². The summed E-state index contributed by atoms with van der Waals surface area (Å²) in [6.45, 7) is 0.120. The molecule has 2 N–H and O–H groups in total. The van der Waals surface area contributed by atoms with Gasteiger partial charge in [-0.05, 0) is 35.9 Å². The highest BCUT2D eigenvalue weighted by Gasteiger charge is 2.05. The number of benzene rings is 2. The molecule has 23 heavy (non-hydrogen) atoms. The molecule has 2 aromatic carbocycles. The lowest BCUT2D eigenvalue weighted by Gasteiger charge is -2.10. The first-order valence-electron chi connectivity index (χ1n) is 7.04. The van der Waals surface area contributed by atoms with Crippen LogP contribution in [0.5, 0.6) is 11.5 Å². The second-order valence-corrected chi connectivity index (χ2v) is 4.55. The van der Waals surface area contributed by atoms with E-state index < -0.39 is 0 Å². The van der Waals surface area contributed by atoms with Crippen LogP contribution in [0.25, 0.3) is 0 Å². The van der Waals surface area contributed by atoms with Crippen LogP contribution in [0.2, 0.25) is 0 Å². The van der Waals surface area contributed by atoms with E-state index in [-0.39, 0.29) is 19.1 Å². The van der Waals surface area contributed by atoms with E-state index in [4.69, 9.17) is 14.6 Å². The summed E-state index contributed by atoms with van der Waals surface area (Å²) in [7, 11) is 1.53. The van der Waals surface area contributed by atoms with E-state index in [0.717, 1.165) is 5.56 Å². The van der Waals surface area contributed by atoms with Crippen LogP contribution in [0.1, 0.15) is 15.9 Å². The summed E-state index contributed by atoms with van der Waals surface area (Å²) >= 11 is 0. The smallest absolute Gasteiger partial charge is 0.271 e. The molecule has 6 nitrogen and oxygen atoms in total. The van der Waals surface area contributed by atoms with Crippen molar-refractivity contribution in [2.45, 2.75) is 0 Å². The number of aliphatic hydroxyl groups is 1. The molecule has 0 spiro atoms. The van der Waals surface area contributed by atoms with Gasteiger partial charge in [0.25, 0.3) is 5.91 Å². The summed E-state index contributed by atoms with van der Waals surface area (Å²) in [5.74, 6) is 0.778. The number of hydrogen-bond donors (Lipinski definition) is 2. The third-order valence-corrected chi connectivity index (χ3v) is 2.95. The Labute approximate surface area is 134 Å². The molecule has 0 fully saturated rings. The van der Waals surface area contributed by atoms with Crippen molar-refractivity contribution >= 4 is 12.1 Å². The first kappa shape index (κ1) is 16.5. The Kier molecular flexibility index (Phi) is 6.14. The van der Waals surface area contributed by atoms with Crippen LogP contribution < -0.4 is 14.9 Å². The maximum absolute atomic E-state index is 11.8. The van der Waals surface area contributed by atoms with Crippen LogP contribution in [-0.4, -0.2) is 37.6 Å². The summed E-state index contributed by atoms with van der Waals surface area (Å²) in [6, 6.07) is 14.0. The van der Waals surface area contributed by atoms with Crippen molar-refractivity contribution in [2.75, 3.05) is 20.3 Å². The maximum atomic E-state index is 11.8. The summed E-state index contributed by atoms with van der Waals surface area (Å²) in [5.41, 5.74) is 3.74. The van der Waals surface area contributed by atoms with Gasteiger partial charge in [0.15, 0.2) is 11.5 Å². The molecule has 1 amide bonds. The Bertz CT molecular complexity index is 672. The van der Waals surface area contributed by atoms with Crippen molar-refractivity contribution in [3.05, 3.63) is 59.7 Å². The number of nitrogens with one attached hydrogen (secondary N) is 1. The van der Waals surface area contributed by atoms with Gasteiger partial charge in [-0.3, -0.25) is 4.79 Å². The van der Waals surface area contributed by atoms with Gasteiger partial charge < -0.3 is 14.6 Å². The van der Waals surface area contributed by atoms with Crippen LogP contribution in [-0.2, 0) is 0 Å². The van der Waals surface area contributed by atoms with Crippen molar-refractivity contribution in [3.63, 3.8) is 0 Å². The van der Waals surface area contributed by atoms with Crippen molar-refractivity contribution in [2.24, 2.45) is 5.10 Å². The Balaban J connectivity index is 2.00. The van der Waals surface area contributed by atoms with E-state index in [2.05, 4.69) is 10.5 Å². The van der Waals surface area contributed by atoms with Gasteiger partial charge in [0, 0.05) is 5.56 Å². The van der Waals surface area contributed by atoms with Gasteiger partial charge in [0.05, 0.1) is 19.9 Å². The summed E-state index contributed by atoms with van der Waals surface area (Å²) in [4.78, 5) is 11.8. The van der Waals surface area contributed by atoms with Gasteiger partial charge in [0.1, 0.15) is 6.61 Å². The maximum Gasteiger partial charge on any atom is 0.271 e. The van der Waals surface area contributed by atoms with Crippen molar-refractivity contribution in [1.29, 1.82) is 0 Å². The second kappa shape index (κ2) is 8.55. The molecule has 0 atom stereocenters. The quantitative estimate of drug-likeness (QED) is 0.603. The molecule has 0 saturated carbocycles. The minimum atomic E-state index is -0.281. The molecular weight excluding hydrogens is 296 g/mol. The molecule has 2 aromatic rings. The molecule has 0 saturated heterocycles. The van der Waals surface area contributed by atoms with E-state index >= 15 is 0 Å². The number of ether oxygens (including phenoxy) is 2. The van der Waals surface area contributed by atoms with Crippen molar-refractivity contribution in [3.8, 4) is 11.5 Å². The molecule has 2 rings (SSSR count). The summed E-state index contributed by atoms with van der Waals surface area (Å²) in [6.07, 6.45) is 1.51. The van der Waals surface area contributed by atoms with Crippen LogP contribution in [0.3, 0.4) is 0 Å². The third-order valence-electron chi connectivity index (χ3n) is 2.95. The molecule has 0 radical (unpaired) electrons. The average Bonchev–Trinajstić information content (AvgIpc) is 2.61. The van der Waals surface area contributed by atoms with Crippen LogP contribution >= 0.6 is 0 Å². The number of hydrogen-bond acceptors (Lipinski definition) is 5. The van der Waals surface area contributed by atoms with E-state index in [9.17, 15) is 4.79 Å². The predicted molar refractivity (Wildman–Crippen MR) is 87.1 cm³/mol. The third kappa shape index (κ3) is 4.82. The van der Waals surface area contributed by atoms with Crippen LogP contribution in [0.4, 0.5) is 0 Å². The monoisotopic (exact) mass is 314 g/mol. The second-order valence-electron chi connectivity index (χ2n) is 4.55. The number of hydrazone groups is 1. The number of carbonyl (C=O) groups excluding carboxylic acids is 1. The summed E-state index contributed by atoms with van der Waals surface area (Å²) in [5, 5.41) is 12.7. The number of methoxy groups -OCH3 is 1. The number of aliphatic hydroxyl groups excluding tert-OH is 1. The zero-order valence-corrected chi connectivity index (χ0v) is 12.7. The Morgan fingerprint density at radius 1 is 1.22 bits per heavy atom. The molecule has 120 valence electrons. The number of carbonyl (C=O) groups is 1. The van der Waals surface area contributed by atoms with Crippen LogP contribution in [0, 0.1) is 0 Å². The lowest BCUT2D eigenvalue weighted by atomic mass is 10.2. The highest BCUT2D eigenvalue weighted by Crippen LogP contribution is 2.27. The fourth-order valence-corrected chi connectivity index (χ4v) is 1.86. The molecule has 0 aromatic heterocycles. The highest BCUT2D eigenvalue weighted by molar-refractivity contribution is 5.94. The summed E-state index contributed by atoms with van der Waals surface area (Å²) < 4.78 is 10.6. The lowest BCUT2D eigenvalue weighted by molar-refractivity contribution is 0.0955. The normalized spacial score (nSPS) is 10.5. The zero-order chi connectivity index (χ0) is 16.5. The molecular formula is C17H18N2O4. The van der Waals surface area contributed by atoms with Crippen molar-refractivity contribution < 1.29 is 19.4 Å². The number of amides is 1. The Morgan fingerprint density at radius 2 is 2.00 bits per heavy atom. The van der Waals surface area contributed by atoms with Gasteiger partial charge >= 0.3 is 0 Å². The molecule has 0 bridgehead atoms. The molecule has 0 heterocycles. The number of nitrogens with zero attached hydrogens (tertiary/aromatic N) is 1. The van der Waals surface area contributed by atoms with E-state index in [0.29, 0.717) is 17.1 Å². The Hall–Kier alpha value is -2.86. The topological polar surface area (TPSA) is 80.2 Å². The first-order valence-corrected chi connectivity index (χ1v) is 7.04. The van der Waals surface area contributed by atoms with Gasteiger partial charge in [-0.1, -0.05) is 18.2 Å². The van der Waals surface area contributed by atoms with Gasteiger partial charge in [-0.2, -0.15) is 5.10 Å². The largest absolute Gasteiger partial charge is 0.493 e. The molecule has 0 aliphatic rings. The highest BCUT2D eigenvalue weighted by atomic mass is 16.5. The molecule has 0 aliphatic heterocycles. The SMILES string of the molecule is COc1cc(/C=N/NC(=O)c2ccccc2)ccc1OCCO. The van der Waals surface area contributed by atoms with Gasteiger partial charge in [-0.25, -0.2) is 5.43 Å². The standard InChI is InChI=1S/C17H18N2O4/c1-22-16-11-13(7-8-15(16)23-10-9-20)12-18-19-17(21)14-5-3-2-4-6-14/h2-8,11-12,20H,9-10H2,1H3,(H,19,21)/b18-12+. The Morgan fingerprint density at radius 3 is 2.70 bits per heavy atom. The fourth-order valence-electron chi connectivity index (χ4n) is 1.86. The van der Waals surface area contributed by atoms with E-state index in [1.807, 2.05) is 6.07 Å². The fraction of sp³-hybridized carbons (Fsp3) is 0.176. The van der Waals surface area contributed by atoms with Crippen molar-refractivity contribution in [1.82, 2.24) is 5.43 Å². The van der Waals surface area contributed by atoms with Gasteiger partial charge in [-0.15, -0.1) is 0 Å². The van der Waals surface area contributed by atoms with E-state index in [1.54, 1.807) is 42.5 Å². The lowest BCUT2D eigenvalue weighted by Crippen LogP contribution is -2.17. The van der Waals surface area contributed by atoms with Gasteiger partial charge in [0.2, 0.25) is 0 Å².